The number of benzene rings is 1. The standard InChI is InChI=1S/C9H2F9IS/c10-7(11,12)4-1-3(19)2-5(8(13,14)15)6(4)20-9(16,17)18/h1-2H. The Kier molecular flexibility index (Phi) is 4.84. The highest BCUT2D eigenvalue weighted by Crippen LogP contribution is 2.49. The van der Waals surface area contributed by atoms with Crippen LogP contribution in [0.4, 0.5) is 39.5 Å². The Bertz CT molecular complexity index is 465. The number of rotatable bonds is 1. The molecule has 11 heteroatoms. The fourth-order valence-electron chi connectivity index (χ4n) is 1.24. The van der Waals surface area contributed by atoms with Gasteiger partial charge < -0.3 is 0 Å². The molecule has 0 saturated carbocycles. The van der Waals surface area contributed by atoms with Crippen LogP contribution in [0.5, 0.6) is 0 Å². The molecule has 0 aromatic heterocycles. The van der Waals surface area contributed by atoms with E-state index in [9.17, 15) is 39.5 Å². The molecule has 20 heavy (non-hydrogen) atoms. The highest BCUT2D eigenvalue weighted by molar-refractivity contribution is 14.1. The summed E-state index contributed by atoms with van der Waals surface area (Å²) < 4.78 is 112. The van der Waals surface area contributed by atoms with Gasteiger partial charge in [-0.25, -0.2) is 0 Å². The van der Waals surface area contributed by atoms with Crippen molar-refractivity contribution in [1.29, 1.82) is 0 Å². The van der Waals surface area contributed by atoms with Crippen LogP contribution in [0.2, 0.25) is 0 Å². The molecule has 1 rings (SSSR count). The van der Waals surface area contributed by atoms with Gasteiger partial charge in [0, 0.05) is 8.47 Å². The summed E-state index contributed by atoms with van der Waals surface area (Å²) in [6.45, 7) is 0. The first kappa shape index (κ1) is 17.7. The predicted molar refractivity (Wildman–Crippen MR) is 61.1 cm³/mol. The van der Waals surface area contributed by atoms with Crippen LogP contribution in [0, 0.1) is 3.57 Å². The first-order chi connectivity index (χ1) is 8.72. The van der Waals surface area contributed by atoms with E-state index in [-0.39, 0.29) is 12.1 Å². The smallest absolute Gasteiger partial charge is 0.166 e. The van der Waals surface area contributed by atoms with Crippen LogP contribution in [-0.4, -0.2) is 5.51 Å². The van der Waals surface area contributed by atoms with Gasteiger partial charge in [-0.1, -0.05) is 0 Å². The van der Waals surface area contributed by atoms with Gasteiger partial charge in [-0.05, 0) is 46.5 Å². The Balaban J connectivity index is 3.63. The molecule has 0 aliphatic heterocycles. The summed E-state index contributed by atoms with van der Waals surface area (Å²) in [5.74, 6) is 0. The summed E-state index contributed by atoms with van der Waals surface area (Å²) in [5, 5.41) is 0. The van der Waals surface area contributed by atoms with Crippen LogP contribution in [0.15, 0.2) is 17.0 Å². The van der Waals surface area contributed by atoms with Crippen molar-refractivity contribution in [2.45, 2.75) is 22.8 Å². The molecule has 0 N–H and O–H groups in total. The Labute approximate surface area is 123 Å². The Hall–Kier alpha value is -0.330. The molecule has 0 heterocycles. The van der Waals surface area contributed by atoms with Gasteiger partial charge >= 0.3 is 17.9 Å². The van der Waals surface area contributed by atoms with Gasteiger partial charge in [0.25, 0.3) is 0 Å². The topological polar surface area (TPSA) is 0 Å². The molecule has 0 aliphatic carbocycles. The molecule has 0 bridgehead atoms. The quantitative estimate of drug-likeness (QED) is 0.296. The third kappa shape index (κ3) is 4.60. The monoisotopic (exact) mass is 440 g/mol. The molecule has 114 valence electrons. The van der Waals surface area contributed by atoms with Crippen LogP contribution < -0.4 is 0 Å². The number of hydrogen-bond donors (Lipinski definition) is 0. The number of thioether (sulfide) groups is 1. The average Bonchev–Trinajstić information content (AvgIpc) is 2.14. The Morgan fingerprint density at radius 3 is 1.35 bits per heavy atom. The molecule has 1 aromatic carbocycles. The van der Waals surface area contributed by atoms with E-state index in [4.69, 9.17) is 0 Å². The van der Waals surface area contributed by atoms with Crippen LogP contribution >= 0.6 is 34.4 Å². The minimum atomic E-state index is -5.32. The third-order valence-corrected chi connectivity index (χ3v) is 3.38. The number of halogens is 10. The van der Waals surface area contributed by atoms with E-state index in [1.54, 1.807) is 0 Å². The molecular formula is C9H2F9IS. The summed E-state index contributed by atoms with van der Waals surface area (Å²) >= 11 is -0.252. The molecule has 0 amide bonds. The van der Waals surface area contributed by atoms with E-state index in [2.05, 4.69) is 0 Å². The lowest BCUT2D eigenvalue weighted by molar-refractivity contribution is -0.147. The van der Waals surface area contributed by atoms with Gasteiger partial charge in [-0.2, -0.15) is 39.5 Å². The molecule has 0 aliphatic rings. The fraction of sp³-hybridized carbons (Fsp3) is 0.333. The minimum Gasteiger partial charge on any atom is -0.166 e. The van der Waals surface area contributed by atoms with E-state index in [1.165, 1.54) is 22.6 Å². The lowest BCUT2D eigenvalue weighted by Gasteiger charge is -2.19. The van der Waals surface area contributed by atoms with E-state index < -0.39 is 49.2 Å². The maximum absolute atomic E-state index is 12.6. The maximum Gasteiger partial charge on any atom is 0.446 e. The lowest BCUT2D eigenvalue weighted by atomic mass is 10.1. The summed E-state index contributed by atoms with van der Waals surface area (Å²) in [4.78, 5) is -1.89. The first-order valence-electron chi connectivity index (χ1n) is 4.45. The zero-order chi connectivity index (χ0) is 15.9. The van der Waals surface area contributed by atoms with Crippen molar-refractivity contribution in [3.63, 3.8) is 0 Å². The van der Waals surface area contributed by atoms with Gasteiger partial charge in [-0.3, -0.25) is 0 Å². The second-order valence-electron chi connectivity index (χ2n) is 3.37. The Morgan fingerprint density at radius 2 is 1.10 bits per heavy atom. The summed E-state index contributed by atoms with van der Waals surface area (Å²) in [6, 6.07) is 0.480. The highest BCUT2D eigenvalue weighted by Gasteiger charge is 2.45. The average molecular weight is 440 g/mol. The summed E-state index contributed by atoms with van der Waals surface area (Å²) in [5.41, 5.74) is -9.19. The zero-order valence-electron chi connectivity index (χ0n) is 8.84. The predicted octanol–water partition coefficient (Wildman–Crippen LogP) is 5.94. The first-order valence-corrected chi connectivity index (χ1v) is 6.35. The van der Waals surface area contributed by atoms with Gasteiger partial charge in [-0.15, -0.1) is 0 Å². The SMILES string of the molecule is FC(F)(F)Sc1c(C(F)(F)F)cc(I)cc1C(F)(F)F. The van der Waals surface area contributed by atoms with Gasteiger partial charge in [0.1, 0.15) is 0 Å². The van der Waals surface area contributed by atoms with Crippen molar-refractivity contribution < 1.29 is 39.5 Å². The van der Waals surface area contributed by atoms with E-state index >= 15 is 0 Å². The third-order valence-electron chi connectivity index (χ3n) is 1.88. The van der Waals surface area contributed by atoms with Gasteiger partial charge in [0.05, 0.1) is 11.1 Å². The molecule has 0 radical (unpaired) electrons. The normalized spacial score (nSPS) is 13.7. The van der Waals surface area contributed by atoms with E-state index in [1.807, 2.05) is 0 Å². The van der Waals surface area contributed by atoms with E-state index in [0.717, 1.165) is 0 Å². The summed E-state index contributed by atoms with van der Waals surface area (Å²) in [7, 11) is 0. The van der Waals surface area contributed by atoms with Crippen LogP contribution in [0.3, 0.4) is 0 Å². The van der Waals surface area contributed by atoms with Gasteiger partial charge in [0.15, 0.2) is 0 Å². The maximum atomic E-state index is 12.6. The van der Waals surface area contributed by atoms with Crippen molar-refractivity contribution in [3.05, 3.63) is 26.8 Å². The van der Waals surface area contributed by atoms with E-state index in [0.29, 0.717) is 0 Å². The largest absolute Gasteiger partial charge is 0.446 e. The van der Waals surface area contributed by atoms with Crippen molar-refractivity contribution >= 4 is 34.4 Å². The summed E-state index contributed by atoms with van der Waals surface area (Å²) in [6.07, 6.45) is -10.6. The minimum absolute atomic E-state index is 0.240. The fourth-order valence-corrected chi connectivity index (χ4v) is 2.66. The van der Waals surface area contributed by atoms with Crippen LogP contribution in [0.1, 0.15) is 11.1 Å². The molecule has 0 atom stereocenters. The molecule has 0 nitrogen and oxygen atoms in total. The van der Waals surface area contributed by atoms with Gasteiger partial charge in [0.2, 0.25) is 0 Å². The second kappa shape index (κ2) is 5.46. The van der Waals surface area contributed by atoms with Crippen molar-refractivity contribution in [2.75, 3.05) is 0 Å². The van der Waals surface area contributed by atoms with Crippen molar-refractivity contribution in [2.24, 2.45) is 0 Å². The second-order valence-corrected chi connectivity index (χ2v) is 5.69. The molecular weight excluding hydrogens is 438 g/mol. The van der Waals surface area contributed by atoms with Crippen molar-refractivity contribution in [1.82, 2.24) is 0 Å². The van der Waals surface area contributed by atoms with Crippen LogP contribution in [0.25, 0.3) is 0 Å². The molecule has 0 unspecified atom stereocenters. The lowest BCUT2D eigenvalue weighted by Crippen LogP contribution is -2.16. The van der Waals surface area contributed by atoms with Crippen molar-refractivity contribution in [3.8, 4) is 0 Å². The zero-order valence-corrected chi connectivity index (χ0v) is 11.8. The highest BCUT2D eigenvalue weighted by atomic mass is 127. The number of hydrogen-bond acceptors (Lipinski definition) is 1. The Morgan fingerprint density at radius 1 is 0.750 bits per heavy atom. The molecule has 0 fully saturated rings. The van der Waals surface area contributed by atoms with Crippen LogP contribution in [-0.2, 0) is 12.4 Å². The molecule has 1 aromatic rings. The number of alkyl halides is 9. The molecule has 0 saturated heterocycles. The molecule has 0 spiro atoms.